The Balaban J connectivity index is 0.000000175. The van der Waals surface area contributed by atoms with Crippen molar-refractivity contribution in [2.24, 2.45) is 0 Å². The highest BCUT2D eigenvalue weighted by atomic mass is 35.5. The number of hydrogen-bond donors (Lipinski definition) is 0. The van der Waals surface area contributed by atoms with Crippen molar-refractivity contribution in [3.8, 4) is 0 Å². The first-order valence-corrected chi connectivity index (χ1v) is 13.4. The molecular weight excluding hydrogens is 628 g/mol. The minimum absolute atomic E-state index is 0.0432. The van der Waals surface area contributed by atoms with Gasteiger partial charge in [0.05, 0.1) is 38.0 Å². The predicted molar refractivity (Wildman–Crippen MR) is 149 cm³/mol. The lowest BCUT2D eigenvalue weighted by Crippen LogP contribution is -2.19. The average Bonchev–Trinajstić information content (AvgIpc) is 3.73. The van der Waals surface area contributed by atoms with Gasteiger partial charge in [-0.15, -0.1) is 0 Å². The molecule has 0 spiro atoms. The third-order valence-electron chi connectivity index (χ3n) is 6.21. The number of rotatable bonds is 8. The van der Waals surface area contributed by atoms with Crippen molar-refractivity contribution in [1.29, 1.82) is 0 Å². The highest BCUT2D eigenvalue weighted by Crippen LogP contribution is 2.22. The fraction of sp³-hybridized carbons (Fsp3) is 0.143. The number of halogens is 5. The molecule has 0 fully saturated rings. The van der Waals surface area contributed by atoms with Crippen molar-refractivity contribution < 1.29 is 26.6 Å². The van der Waals surface area contributed by atoms with Crippen molar-refractivity contribution in [2.45, 2.75) is 25.9 Å². The molecule has 4 heterocycles. The summed E-state index contributed by atoms with van der Waals surface area (Å²) < 4.78 is 57.1. The molecule has 16 heteroatoms. The summed E-state index contributed by atoms with van der Waals surface area (Å²) in [5, 5.41) is 7.81. The second kappa shape index (κ2) is 13.6. The molecular formula is C28H19Cl2F3N6O5. The van der Waals surface area contributed by atoms with E-state index >= 15 is 0 Å². The molecule has 0 aliphatic carbocycles. The molecule has 0 bridgehead atoms. The van der Waals surface area contributed by atoms with E-state index < -0.39 is 29.0 Å². The maximum atomic E-state index is 13.8. The standard InChI is InChI=1S/C14H9ClF2N4O2.C14H10ClFN2O3/c15-10-2-1-3-11(17)9(10)4-13-20-23-14(22)21(13)7-12-18-5-8(16)6-19-12;15-11-2-1-3-12(16)10(11)6-13-17-21-14(19)18(13)7-9-4-5-20-8-9/h1-3,5-6H,4,7H2;1-5,8H,6-7H2. The summed E-state index contributed by atoms with van der Waals surface area (Å²) in [5.74, 6) is -2.27. The highest BCUT2D eigenvalue weighted by Gasteiger charge is 2.18. The van der Waals surface area contributed by atoms with E-state index in [1.54, 1.807) is 12.1 Å². The van der Waals surface area contributed by atoms with Crippen molar-refractivity contribution in [2.75, 3.05) is 0 Å². The van der Waals surface area contributed by atoms with E-state index in [-0.39, 0.29) is 58.8 Å². The lowest BCUT2D eigenvalue weighted by Gasteiger charge is -2.06. The molecule has 0 saturated heterocycles. The van der Waals surface area contributed by atoms with Gasteiger partial charge in [0, 0.05) is 39.6 Å². The van der Waals surface area contributed by atoms with Crippen LogP contribution >= 0.6 is 23.2 Å². The van der Waals surface area contributed by atoms with Gasteiger partial charge in [0.2, 0.25) is 0 Å². The molecule has 6 aromatic rings. The summed E-state index contributed by atoms with van der Waals surface area (Å²) in [6.45, 7) is 0.157. The van der Waals surface area contributed by atoms with Crippen LogP contribution in [0.1, 0.15) is 34.2 Å². The van der Waals surface area contributed by atoms with Crippen LogP contribution in [0.15, 0.2) is 90.4 Å². The first kappa shape index (κ1) is 30.5. The molecule has 0 unspecified atom stereocenters. The minimum Gasteiger partial charge on any atom is -0.472 e. The summed E-state index contributed by atoms with van der Waals surface area (Å²) in [6.07, 6.45) is 5.00. The van der Waals surface area contributed by atoms with E-state index in [4.69, 9.17) is 27.6 Å². The average molecular weight is 647 g/mol. The van der Waals surface area contributed by atoms with Gasteiger partial charge in [0.25, 0.3) is 0 Å². The van der Waals surface area contributed by atoms with E-state index in [9.17, 15) is 22.8 Å². The second-order valence-corrected chi connectivity index (χ2v) is 9.92. The largest absolute Gasteiger partial charge is 0.472 e. The van der Waals surface area contributed by atoms with Crippen LogP contribution in [-0.4, -0.2) is 29.4 Å². The van der Waals surface area contributed by atoms with Crippen molar-refractivity contribution in [1.82, 2.24) is 29.4 Å². The molecule has 6 rings (SSSR count). The maximum Gasteiger partial charge on any atom is 0.442 e. The Morgan fingerprint density at radius 3 is 1.73 bits per heavy atom. The van der Waals surface area contributed by atoms with E-state index in [0.29, 0.717) is 5.82 Å². The molecule has 0 aliphatic rings. The normalized spacial score (nSPS) is 10.9. The number of benzene rings is 2. The number of furan rings is 1. The maximum absolute atomic E-state index is 13.8. The lowest BCUT2D eigenvalue weighted by molar-refractivity contribution is 0.374. The Labute approximate surface area is 255 Å². The first-order valence-electron chi connectivity index (χ1n) is 12.6. The summed E-state index contributed by atoms with van der Waals surface area (Å²) in [5.41, 5.74) is 1.24. The van der Waals surface area contributed by atoms with Crippen LogP contribution in [0.3, 0.4) is 0 Å². The van der Waals surface area contributed by atoms with E-state index in [0.717, 1.165) is 22.5 Å². The number of hydrogen-bond acceptors (Lipinski definition) is 9. The van der Waals surface area contributed by atoms with Crippen LogP contribution in [0, 0.1) is 17.5 Å². The Bertz CT molecular complexity index is 1950. The number of nitrogens with zero attached hydrogens (tertiary/aromatic N) is 6. The Morgan fingerprint density at radius 2 is 1.25 bits per heavy atom. The lowest BCUT2D eigenvalue weighted by atomic mass is 10.1. The summed E-state index contributed by atoms with van der Waals surface area (Å²) in [7, 11) is 0. The Kier molecular flexibility index (Phi) is 9.41. The van der Waals surface area contributed by atoms with Gasteiger partial charge in [-0.1, -0.05) is 45.6 Å². The van der Waals surface area contributed by atoms with E-state index in [1.807, 2.05) is 0 Å². The molecule has 0 radical (unpaired) electrons. The third-order valence-corrected chi connectivity index (χ3v) is 6.92. The highest BCUT2D eigenvalue weighted by molar-refractivity contribution is 6.31. The molecule has 0 amide bonds. The molecule has 44 heavy (non-hydrogen) atoms. The van der Waals surface area contributed by atoms with Gasteiger partial charge in [-0.05, 0) is 30.3 Å². The predicted octanol–water partition coefficient (Wildman–Crippen LogP) is 5.06. The van der Waals surface area contributed by atoms with Crippen molar-refractivity contribution in [3.05, 3.63) is 150 Å². The fourth-order valence-electron chi connectivity index (χ4n) is 4.00. The van der Waals surface area contributed by atoms with Gasteiger partial charge < -0.3 is 4.42 Å². The Morgan fingerprint density at radius 1 is 0.727 bits per heavy atom. The van der Waals surface area contributed by atoms with Crippen LogP contribution < -0.4 is 11.5 Å². The topological polar surface area (TPSA) is 135 Å². The molecule has 0 N–H and O–H groups in total. The van der Waals surface area contributed by atoms with Crippen molar-refractivity contribution >= 4 is 23.2 Å². The fourth-order valence-corrected chi connectivity index (χ4v) is 4.46. The van der Waals surface area contributed by atoms with E-state index in [1.165, 1.54) is 47.4 Å². The van der Waals surface area contributed by atoms with E-state index in [2.05, 4.69) is 29.3 Å². The smallest absolute Gasteiger partial charge is 0.442 e. The van der Waals surface area contributed by atoms with Crippen LogP contribution in [0.25, 0.3) is 0 Å². The summed E-state index contributed by atoms with van der Waals surface area (Å²) in [6, 6.07) is 10.4. The molecule has 11 nitrogen and oxygen atoms in total. The SMILES string of the molecule is O=c1onc(Cc2c(F)cccc2Cl)n1Cc1ccoc1.O=c1onc(Cc2c(F)cccc2Cl)n1Cc1ncc(F)cn1. The van der Waals surface area contributed by atoms with Crippen LogP contribution in [0.5, 0.6) is 0 Å². The molecule has 0 saturated carbocycles. The minimum atomic E-state index is -0.750. The zero-order chi connectivity index (χ0) is 31.2. The van der Waals surface area contributed by atoms with Gasteiger partial charge in [-0.25, -0.2) is 32.7 Å². The van der Waals surface area contributed by atoms with Crippen molar-refractivity contribution in [3.63, 3.8) is 0 Å². The van der Waals surface area contributed by atoms with Gasteiger partial charge in [0.15, 0.2) is 17.5 Å². The molecule has 2 aromatic carbocycles. The molecule has 0 aliphatic heterocycles. The van der Waals surface area contributed by atoms with Gasteiger partial charge >= 0.3 is 11.5 Å². The molecule has 226 valence electrons. The van der Waals surface area contributed by atoms with Crippen LogP contribution in [0.2, 0.25) is 10.0 Å². The van der Waals surface area contributed by atoms with Gasteiger partial charge in [0.1, 0.15) is 17.5 Å². The quantitative estimate of drug-likeness (QED) is 0.222. The van der Waals surface area contributed by atoms with Crippen LogP contribution in [-0.2, 0) is 25.9 Å². The molecule has 4 aromatic heterocycles. The monoisotopic (exact) mass is 646 g/mol. The summed E-state index contributed by atoms with van der Waals surface area (Å²) >= 11 is 11.9. The zero-order valence-electron chi connectivity index (χ0n) is 22.3. The van der Waals surface area contributed by atoms with Gasteiger partial charge in [-0.3, -0.25) is 18.2 Å². The van der Waals surface area contributed by atoms with Crippen LogP contribution in [0.4, 0.5) is 13.2 Å². The zero-order valence-corrected chi connectivity index (χ0v) is 23.8. The van der Waals surface area contributed by atoms with Gasteiger partial charge in [-0.2, -0.15) is 0 Å². The first-order chi connectivity index (χ1) is 21.2. The second-order valence-electron chi connectivity index (χ2n) is 9.10. The number of aromatic nitrogens is 6. The summed E-state index contributed by atoms with van der Waals surface area (Å²) in [4.78, 5) is 31.0. The Hall–Kier alpha value is -4.95. The third kappa shape index (κ3) is 7.15. The molecule has 0 atom stereocenters.